The second-order valence-electron chi connectivity index (χ2n) is 2.17. The molecule has 0 unspecified atom stereocenters. The lowest BCUT2D eigenvalue weighted by atomic mass is 10.2. The van der Waals surface area contributed by atoms with E-state index in [1.54, 1.807) is 17.5 Å². The smallest absolute Gasteiger partial charge is 0.185 e. The lowest BCUT2D eigenvalue weighted by Crippen LogP contribution is -1.89. The molecule has 11 heavy (non-hydrogen) atoms. The number of thiol groups is 1. The summed E-state index contributed by atoms with van der Waals surface area (Å²) in [5.74, 6) is 0. The Kier molecular flexibility index (Phi) is 3.59. The predicted octanol–water partition coefficient (Wildman–Crippen LogP) is 1.92. The SMILES string of the molecule is O=C(S)CCCc1nccs1. The van der Waals surface area contributed by atoms with Gasteiger partial charge in [0.1, 0.15) is 0 Å². The Morgan fingerprint density at radius 2 is 2.55 bits per heavy atom. The van der Waals surface area contributed by atoms with Crippen LogP contribution >= 0.6 is 24.0 Å². The van der Waals surface area contributed by atoms with Gasteiger partial charge in [-0.1, -0.05) is 0 Å². The van der Waals surface area contributed by atoms with Gasteiger partial charge in [0, 0.05) is 18.0 Å². The van der Waals surface area contributed by atoms with Crippen LogP contribution in [0.5, 0.6) is 0 Å². The van der Waals surface area contributed by atoms with Crippen molar-refractivity contribution in [3.8, 4) is 0 Å². The molecule has 0 aromatic carbocycles. The quantitative estimate of drug-likeness (QED) is 0.730. The van der Waals surface area contributed by atoms with E-state index in [4.69, 9.17) is 0 Å². The highest BCUT2D eigenvalue weighted by molar-refractivity contribution is 7.96. The third-order valence-electron chi connectivity index (χ3n) is 1.26. The van der Waals surface area contributed by atoms with Crippen molar-refractivity contribution in [3.63, 3.8) is 0 Å². The van der Waals surface area contributed by atoms with Crippen molar-refractivity contribution in [1.82, 2.24) is 4.98 Å². The number of hydrogen-bond acceptors (Lipinski definition) is 3. The molecule has 0 aliphatic carbocycles. The molecule has 0 atom stereocenters. The highest BCUT2D eigenvalue weighted by Gasteiger charge is 1.97. The number of carbonyl (C=O) groups excluding carboxylic acids is 1. The number of aryl methyl sites for hydroxylation is 1. The van der Waals surface area contributed by atoms with Crippen molar-refractivity contribution in [3.05, 3.63) is 16.6 Å². The summed E-state index contributed by atoms with van der Waals surface area (Å²) in [6.45, 7) is 0. The predicted molar refractivity (Wildman–Crippen MR) is 49.0 cm³/mol. The number of hydrogen-bond donors (Lipinski definition) is 1. The van der Waals surface area contributed by atoms with Gasteiger partial charge in [-0.15, -0.1) is 24.0 Å². The first-order valence-corrected chi connectivity index (χ1v) is 4.72. The Balaban J connectivity index is 2.19. The van der Waals surface area contributed by atoms with Crippen LogP contribution in [0.25, 0.3) is 0 Å². The number of thiazole rings is 1. The summed E-state index contributed by atoms with van der Waals surface area (Å²) in [5, 5.41) is 3.00. The molecule has 0 amide bonds. The van der Waals surface area contributed by atoms with Crippen molar-refractivity contribution in [2.45, 2.75) is 19.3 Å². The van der Waals surface area contributed by atoms with E-state index in [-0.39, 0.29) is 5.12 Å². The second kappa shape index (κ2) is 4.51. The van der Waals surface area contributed by atoms with Crippen molar-refractivity contribution in [2.75, 3.05) is 0 Å². The molecule has 0 saturated heterocycles. The van der Waals surface area contributed by atoms with Gasteiger partial charge >= 0.3 is 0 Å². The molecule has 1 rings (SSSR count). The molecule has 4 heteroatoms. The maximum atomic E-state index is 10.4. The zero-order valence-electron chi connectivity index (χ0n) is 5.99. The number of nitrogens with zero attached hydrogens (tertiary/aromatic N) is 1. The van der Waals surface area contributed by atoms with E-state index in [0.717, 1.165) is 17.8 Å². The lowest BCUT2D eigenvalue weighted by molar-refractivity contribution is -0.110. The molecule has 0 N–H and O–H groups in total. The zero-order chi connectivity index (χ0) is 8.10. The monoisotopic (exact) mass is 187 g/mol. The molecule has 60 valence electrons. The molecule has 0 radical (unpaired) electrons. The van der Waals surface area contributed by atoms with Crippen LogP contribution in [0.1, 0.15) is 17.8 Å². The summed E-state index contributed by atoms with van der Waals surface area (Å²) in [5.41, 5.74) is 0. The molecule has 2 nitrogen and oxygen atoms in total. The first-order chi connectivity index (χ1) is 5.29. The van der Waals surface area contributed by atoms with E-state index in [0.29, 0.717) is 6.42 Å². The van der Waals surface area contributed by atoms with Gasteiger partial charge in [-0.2, -0.15) is 0 Å². The fraction of sp³-hybridized carbons (Fsp3) is 0.429. The summed E-state index contributed by atoms with van der Waals surface area (Å²) < 4.78 is 0. The van der Waals surface area contributed by atoms with E-state index in [1.165, 1.54) is 0 Å². The molecule has 0 saturated carbocycles. The average molecular weight is 187 g/mol. The zero-order valence-corrected chi connectivity index (χ0v) is 7.70. The van der Waals surface area contributed by atoms with Gasteiger partial charge in [0.25, 0.3) is 0 Å². The van der Waals surface area contributed by atoms with E-state index < -0.39 is 0 Å². The first-order valence-electron chi connectivity index (χ1n) is 3.39. The summed E-state index contributed by atoms with van der Waals surface area (Å²) >= 11 is 5.30. The summed E-state index contributed by atoms with van der Waals surface area (Å²) in [7, 11) is 0. The van der Waals surface area contributed by atoms with Crippen molar-refractivity contribution in [2.24, 2.45) is 0 Å². The average Bonchev–Trinajstić information content (AvgIpc) is 2.39. The third-order valence-corrected chi connectivity index (χ3v) is 2.33. The minimum atomic E-state index is -0.0402. The van der Waals surface area contributed by atoms with Crippen LogP contribution in [0.2, 0.25) is 0 Å². The minimum absolute atomic E-state index is 0.0402. The molecule has 1 aromatic rings. The molecule has 0 bridgehead atoms. The molecule has 1 heterocycles. The van der Waals surface area contributed by atoms with Crippen molar-refractivity contribution < 1.29 is 4.79 Å². The van der Waals surface area contributed by atoms with E-state index in [9.17, 15) is 4.79 Å². The minimum Gasteiger partial charge on any atom is -0.288 e. The van der Waals surface area contributed by atoms with Crippen LogP contribution in [0, 0.1) is 0 Å². The fourth-order valence-electron chi connectivity index (χ4n) is 0.767. The van der Waals surface area contributed by atoms with Gasteiger partial charge in [0.2, 0.25) is 0 Å². The largest absolute Gasteiger partial charge is 0.288 e. The summed E-state index contributed by atoms with van der Waals surface area (Å²) in [6.07, 6.45) is 4.07. The van der Waals surface area contributed by atoms with Gasteiger partial charge in [-0.05, 0) is 12.8 Å². The molecular weight excluding hydrogens is 178 g/mol. The van der Waals surface area contributed by atoms with Gasteiger partial charge in [-0.25, -0.2) is 4.98 Å². The Morgan fingerprint density at radius 1 is 1.73 bits per heavy atom. The maximum Gasteiger partial charge on any atom is 0.185 e. The van der Waals surface area contributed by atoms with Crippen LogP contribution in [-0.4, -0.2) is 10.1 Å². The standard InChI is InChI=1S/C7H9NOS2/c9-7(10)3-1-2-6-8-4-5-11-6/h4-5H,1-3H2,(H,9,10). The second-order valence-corrected chi connectivity index (χ2v) is 3.65. The molecule has 0 aliphatic rings. The number of aromatic nitrogens is 1. The van der Waals surface area contributed by atoms with Crippen LogP contribution in [0.15, 0.2) is 11.6 Å². The highest BCUT2D eigenvalue weighted by atomic mass is 32.1. The Labute approximate surface area is 75.1 Å². The molecule has 0 aliphatic heterocycles. The summed E-state index contributed by atoms with van der Waals surface area (Å²) in [4.78, 5) is 14.5. The topological polar surface area (TPSA) is 30.0 Å². The van der Waals surface area contributed by atoms with Crippen LogP contribution in [0.4, 0.5) is 0 Å². The Bertz CT molecular complexity index is 220. The van der Waals surface area contributed by atoms with Crippen molar-refractivity contribution >= 4 is 29.1 Å². The van der Waals surface area contributed by atoms with Crippen LogP contribution < -0.4 is 0 Å². The Hall–Kier alpha value is -0.350. The van der Waals surface area contributed by atoms with E-state index in [2.05, 4.69) is 17.6 Å². The Morgan fingerprint density at radius 3 is 3.09 bits per heavy atom. The van der Waals surface area contributed by atoms with Gasteiger partial charge < -0.3 is 0 Å². The molecule has 0 spiro atoms. The third kappa shape index (κ3) is 3.53. The lowest BCUT2D eigenvalue weighted by Gasteiger charge is -1.91. The van der Waals surface area contributed by atoms with Crippen molar-refractivity contribution in [1.29, 1.82) is 0 Å². The maximum absolute atomic E-state index is 10.4. The molecule has 1 aromatic heterocycles. The van der Waals surface area contributed by atoms with Gasteiger partial charge in [-0.3, -0.25) is 4.79 Å². The normalized spacial score (nSPS) is 9.91. The van der Waals surface area contributed by atoms with Crippen LogP contribution in [0.3, 0.4) is 0 Å². The molecular formula is C7H9NOS2. The van der Waals surface area contributed by atoms with Gasteiger partial charge in [0.05, 0.1) is 5.01 Å². The van der Waals surface area contributed by atoms with E-state index >= 15 is 0 Å². The van der Waals surface area contributed by atoms with Crippen LogP contribution in [-0.2, 0) is 11.2 Å². The number of rotatable bonds is 4. The summed E-state index contributed by atoms with van der Waals surface area (Å²) in [6, 6.07) is 0. The highest BCUT2D eigenvalue weighted by Crippen LogP contribution is 2.08. The molecule has 0 fully saturated rings. The van der Waals surface area contributed by atoms with Gasteiger partial charge in [0.15, 0.2) is 5.12 Å². The first kappa shape index (κ1) is 8.74. The fourth-order valence-corrected chi connectivity index (χ4v) is 1.59. The number of carbonyl (C=O) groups is 1. The van der Waals surface area contributed by atoms with E-state index in [1.807, 2.05) is 5.38 Å².